The normalized spacial score (nSPS) is 17.5. The highest BCUT2D eigenvalue weighted by molar-refractivity contribution is 5.97. The highest BCUT2D eigenvalue weighted by atomic mass is 16.5. The van der Waals surface area contributed by atoms with E-state index in [9.17, 15) is 4.79 Å². The summed E-state index contributed by atoms with van der Waals surface area (Å²) < 4.78 is 11.3. The third kappa shape index (κ3) is 6.01. The molecule has 1 atom stereocenters. The molecule has 5 heteroatoms. The zero-order valence-corrected chi connectivity index (χ0v) is 16.0. The first-order valence-electron chi connectivity index (χ1n) is 9.25. The molecule has 1 amide bonds. The molecule has 1 aliphatic heterocycles. The third-order valence-corrected chi connectivity index (χ3v) is 4.72. The first kappa shape index (κ1) is 19.7. The number of carbonyl (C=O) groups excluding carboxylic acids is 1. The summed E-state index contributed by atoms with van der Waals surface area (Å²) in [6, 6.07) is 7.53. The van der Waals surface area contributed by atoms with Gasteiger partial charge in [0.15, 0.2) is 0 Å². The summed E-state index contributed by atoms with van der Waals surface area (Å²) >= 11 is 0. The Kier molecular flexibility index (Phi) is 7.26. The summed E-state index contributed by atoms with van der Waals surface area (Å²) in [6.07, 6.45) is 3.27. The first-order valence-corrected chi connectivity index (χ1v) is 9.25. The van der Waals surface area contributed by atoms with Crippen molar-refractivity contribution in [2.75, 3.05) is 38.7 Å². The molecule has 0 bridgehead atoms. The van der Waals surface area contributed by atoms with E-state index in [2.05, 4.69) is 24.1 Å². The molecule has 0 spiro atoms. The number of ether oxygens (including phenoxy) is 2. The SMILES string of the molecule is COC(C)(CC(C)C)C(=O)Nc1ccc(OCCN2CCCC2)cc1. The van der Waals surface area contributed by atoms with Gasteiger partial charge in [-0.3, -0.25) is 9.69 Å². The molecule has 1 aromatic rings. The zero-order valence-electron chi connectivity index (χ0n) is 16.0. The van der Waals surface area contributed by atoms with E-state index < -0.39 is 5.60 Å². The second-order valence-corrected chi connectivity index (χ2v) is 7.41. The molecule has 0 aliphatic carbocycles. The van der Waals surface area contributed by atoms with E-state index in [4.69, 9.17) is 9.47 Å². The smallest absolute Gasteiger partial charge is 0.256 e. The molecule has 1 fully saturated rings. The third-order valence-electron chi connectivity index (χ3n) is 4.72. The first-order chi connectivity index (χ1) is 11.9. The van der Waals surface area contributed by atoms with Crippen molar-refractivity contribution in [2.45, 2.75) is 45.6 Å². The Bertz CT molecular complexity index is 538. The standard InChI is InChI=1S/C20H32N2O3/c1-16(2)15-20(3,24-4)19(23)21-17-7-9-18(10-8-17)25-14-13-22-11-5-6-12-22/h7-10,16H,5-6,11-15H2,1-4H3,(H,21,23). The number of benzene rings is 1. The van der Waals surface area contributed by atoms with Crippen LogP contribution in [-0.2, 0) is 9.53 Å². The molecule has 0 aromatic heterocycles. The second kappa shape index (κ2) is 9.20. The minimum atomic E-state index is -0.820. The largest absolute Gasteiger partial charge is 0.492 e. The monoisotopic (exact) mass is 348 g/mol. The van der Waals surface area contributed by atoms with E-state index in [-0.39, 0.29) is 5.91 Å². The van der Waals surface area contributed by atoms with Gasteiger partial charge in [-0.05, 0) is 69.5 Å². The molecule has 1 heterocycles. The number of nitrogens with zero attached hydrogens (tertiary/aromatic N) is 1. The zero-order chi connectivity index (χ0) is 18.3. The van der Waals surface area contributed by atoms with Gasteiger partial charge in [-0.25, -0.2) is 0 Å². The Balaban J connectivity index is 1.83. The summed E-state index contributed by atoms with van der Waals surface area (Å²) in [7, 11) is 1.58. The average Bonchev–Trinajstić information content (AvgIpc) is 3.09. The molecular weight excluding hydrogens is 316 g/mol. The number of methoxy groups -OCH3 is 1. The maximum atomic E-state index is 12.5. The summed E-state index contributed by atoms with van der Waals surface area (Å²) in [5, 5.41) is 2.94. The maximum Gasteiger partial charge on any atom is 0.256 e. The quantitative estimate of drug-likeness (QED) is 0.741. The van der Waals surface area contributed by atoms with Crippen molar-refractivity contribution in [2.24, 2.45) is 5.92 Å². The van der Waals surface area contributed by atoms with Crippen LogP contribution in [-0.4, -0.2) is 49.8 Å². The van der Waals surface area contributed by atoms with Gasteiger partial charge in [0.25, 0.3) is 5.91 Å². The van der Waals surface area contributed by atoms with Crippen molar-refractivity contribution < 1.29 is 14.3 Å². The van der Waals surface area contributed by atoms with Crippen molar-refractivity contribution in [3.8, 4) is 5.75 Å². The molecule has 1 N–H and O–H groups in total. The van der Waals surface area contributed by atoms with Crippen molar-refractivity contribution in [1.29, 1.82) is 0 Å². The lowest BCUT2D eigenvalue weighted by Crippen LogP contribution is -2.43. The lowest BCUT2D eigenvalue weighted by molar-refractivity contribution is -0.137. The number of amides is 1. The van der Waals surface area contributed by atoms with Gasteiger partial charge >= 0.3 is 0 Å². The van der Waals surface area contributed by atoms with Crippen molar-refractivity contribution >= 4 is 11.6 Å². The van der Waals surface area contributed by atoms with E-state index in [1.165, 1.54) is 25.9 Å². The van der Waals surface area contributed by atoms with Gasteiger partial charge in [-0.15, -0.1) is 0 Å². The Hall–Kier alpha value is -1.59. The number of hydrogen-bond acceptors (Lipinski definition) is 4. The van der Waals surface area contributed by atoms with Crippen molar-refractivity contribution in [3.63, 3.8) is 0 Å². The highest BCUT2D eigenvalue weighted by Gasteiger charge is 2.33. The minimum absolute atomic E-state index is 0.119. The highest BCUT2D eigenvalue weighted by Crippen LogP contribution is 2.23. The number of hydrogen-bond donors (Lipinski definition) is 1. The Morgan fingerprint density at radius 2 is 1.88 bits per heavy atom. The minimum Gasteiger partial charge on any atom is -0.492 e. The lowest BCUT2D eigenvalue weighted by atomic mass is 9.93. The predicted octanol–water partition coefficient (Wildman–Crippen LogP) is 3.55. The van der Waals surface area contributed by atoms with Crippen LogP contribution in [0, 0.1) is 5.92 Å². The molecule has 0 radical (unpaired) electrons. The molecule has 0 saturated carbocycles. The predicted molar refractivity (Wildman–Crippen MR) is 101 cm³/mol. The van der Waals surface area contributed by atoms with E-state index >= 15 is 0 Å². The van der Waals surface area contributed by atoms with Crippen LogP contribution in [0.25, 0.3) is 0 Å². The van der Waals surface area contributed by atoms with Gasteiger partial charge in [0.1, 0.15) is 18.0 Å². The molecular formula is C20H32N2O3. The van der Waals surface area contributed by atoms with Crippen LogP contribution in [0.2, 0.25) is 0 Å². The van der Waals surface area contributed by atoms with Crippen LogP contribution in [0.15, 0.2) is 24.3 Å². The van der Waals surface area contributed by atoms with Crippen LogP contribution in [0.4, 0.5) is 5.69 Å². The molecule has 25 heavy (non-hydrogen) atoms. The number of nitrogens with one attached hydrogen (secondary N) is 1. The van der Waals surface area contributed by atoms with Gasteiger partial charge in [0.2, 0.25) is 0 Å². The number of likely N-dealkylation sites (tertiary alicyclic amines) is 1. The molecule has 1 saturated heterocycles. The van der Waals surface area contributed by atoms with Crippen molar-refractivity contribution in [1.82, 2.24) is 4.90 Å². The van der Waals surface area contributed by atoms with E-state index in [0.717, 1.165) is 18.0 Å². The average molecular weight is 348 g/mol. The summed E-state index contributed by atoms with van der Waals surface area (Å²) in [4.78, 5) is 15.0. The molecule has 1 aliphatic rings. The van der Waals surface area contributed by atoms with Gasteiger partial charge < -0.3 is 14.8 Å². The van der Waals surface area contributed by atoms with E-state index in [0.29, 0.717) is 18.9 Å². The van der Waals surface area contributed by atoms with Crippen LogP contribution in [0.3, 0.4) is 0 Å². The van der Waals surface area contributed by atoms with Gasteiger partial charge in [-0.2, -0.15) is 0 Å². The molecule has 5 nitrogen and oxygen atoms in total. The molecule has 1 aromatic carbocycles. The number of anilines is 1. The van der Waals surface area contributed by atoms with Crippen molar-refractivity contribution in [3.05, 3.63) is 24.3 Å². The molecule has 2 rings (SSSR count). The summed E-state index contributed by atoms with van der Waals surface area (Å²) in [6.45, 7) is 10.0. The van der Waals surface area contributed by atoms with E-state index in [1.54, 1.807) is 7.11 Å². The van der Waals surface area contributed by atoms with Crippen LogP contribution < -0.4 is 10.1 Å². The maximum absolute atomic E-state index is 12.5. The second-order valence-electron chi connectivity index (χ2n) is 7.41. The van der Waals surface area contributed by atoms with E-state index in [1.807, 2.05) is 31.2 Å². The van der Waals surface area contributed by atoms with Gasteiger partial charge in [0.05, 0.1) is 0 Å². The number of carbonyl (C=O) groups is 1. The molecule has 1 unspecified atom stereocenters. The fourth-order valence-corrected chi connectivity index (χ4v) is 3.24. The summed E-state index contributed by atoms with van der Waals surface area (Å²) in [5.41, 5.74) is -0.0667. The molecule has 140 valence electrons. The number of rotatable bonds is 9. The fourth-order valence-electron chi connectivity index (χ4n) is 3.24. The summed E-state index contributed by atoms with van der Waals surface area (Å²) in [5.74, 6) is 1.09. The lowest BCUT2D eigenvalue weighted by Gasteiger charge is -2.28. The van der Waals surface area contributed by atoms with Crippen LogP contribution >= 0.6 is 0 Å². The Morgan fingerprint density at radius 1 is 1.24 bits per heavy atom. The Labute approximate surface area is 151 Å². The Morgan fingerprint density at radius 3 is 2.44 bits per heavy atom. The van der Waals surface area contributed by atoms with Crippen LogP contribution in [0.1, 0.15) is 40.0 Å². The van der Waals surface area contributed by atoms with Crippen LogP contribution in [0.5, 0.6) is 5.75 Å². The van der Waals surface area contributed by atoms with Gasteiger partial charge in [-0.1, -0.05) is 13.8 Å². The topological polar surface area (TPSA) is 50.8 Å². The fraction of sp³-hybridized carbons (Fsp3) is 0.650. The van der Waals surface area contributed by atoms with Gasteiger partial charge in [0, 0.05) is 19.3 Å².